The third kappa shape index (κ3) is 6.93. The summed E-state index contributed by atoms with van der Waals surface area (Å²) in [6.45, 7) is 4.50. The molecule has 21 heavy (non-hydrogen) atoms. The van der Waals surface area contributed by atoms with Crippen LogP contribution in [0, 0.1) is 5.92 Å². The molecule has 0 radical (unpaired) electrons. The Kier molecular flexibility index (Phi) is 9.24. The van der Waals surface area contributed by atoms with E-state index in [-0.39, 0.29) is 30.1 Å². The van der Waals surface area contributed by atoms with Crippen LogP contribution in [0.3, 0.4) is 0 Å². The van der Waals surface area contributed by atoms with Gasteiger partial charge in [0.05, 0.1) is 6.04 Å². The highest BCUT2D eigenvalue weighted by Gasteiger charge is 2.16. The van der Waals surface area contributed by atoms with Gasteiger partial charge in [0.15, 0.2) is 0 Å². The molecule has 118 valence electrons. The van der Waals surface area contributed by atoms with Gasteiger partial charge in [0, 0.05) is 23.1 Å². The Morgan fingerprint density at radius 2 is 1.86 bits per heavy atom. The number of hydrogen-bond acceptors (Lipinski definition) is 3. The second-order valence-corrected chi connectivity index (χ2v) is 5.74. The first-order chi connectivity index (χ1) is 9.41. The predicted molar refractivity (Wildman–Crippen MR) is 89.5 cm³/mol. The number of halogens is 2. The van der Waals surface area contributed by atoms with Crippen molar-refractivity contribution < 1.29 is 9.59 Å². The average Bonchev–Trinajstić information content (AvgIpc) is 2.42. The SMILES string of the molecule is CC(C)[C@H](N)C(=O)NCCNC(=O)c1cccc(Br)c1.Cl. The molecule has 0 spiro atoms. The Hall–Kier alpha value is -1.11. The molecule has 0 aliphatic rings. The maximum Gasteiger partial charge on any atom is 0.251 e. The molecule has 7 heteroatoms. The molecule has 2 amide bonds. The van der Waals surface area contributed by atoms with E-state index in [2.05, 4.69) is 26.6 Å². The number of amides is 2. The predicted octanol–water partition coefficient (Wildman–Crippen LogP) is 1.70. The number of carbonyl (C=O) groups excluding carboxylic acids is 2. The molecule has 0 heterocycles. The quantitative estimate of drug-likeness (QED) is 0.659. The van der Waals surface area contributed by atoms with Crippen LogP contribution in [0.4, 0.5) is 0 Å². The normalized spacial score (nSPS) is 11.5. The van der Waals surface area contributed by atoms with Gasteiger partial charge in [0.1, 0.15) is 0 Å². The number of nitrogens with two attached hydrogens (primary N) is 1. The summed E-state index contributed by atoms with van der Waals surface area (Å²) >= 11 is 3.31. The van der Waals surface area contributed by atoms with Gasteiger partial charge in [-0.3, -0.25) is 9.59 Å². The van der Waals surface area contributed by atoms with Crippen molar-refractivity contribution in [3.8, 4) is 0 Å². The van der Waals surface area contributed by atoms with E-state index < -0.39 is 6.04 Å². The first-order valence-corrected chi connectivity index (χ1v) is 7.28. The monoisotopic (exact) mass is 377 g/mol. The van der Waals surface area contributed by atoms with Crippen LogP contribution in [0.2, 0.25) is 0 Å². The van der Waals surface area contributed by atoms with Gasteiger partial charge in [0.2, 0.25) is 5.91 Å². The number of nitrogens with one attached hydrogen (secondary N) is 2. The molecule has 1 aromatic rings. The standard InChI is InChI=1S/C14H20BrN3O2.ClH/c1-9(2)12(16)14(20)18-7-6-17-13(19)10-4-3-5-11(15)8-10;/h3-5,8-9,12H,6-7,16H2,1-2H3,(H,17,19)(H,18,20);1H/t12-;/m0./s1. The summed E-state index contributed by atoms with van der Waals surface area (Å²) in [6.07, 6.45) is 0. The third-order valence-electron chi connectivity index (χ3n) is 2.82. The second kappa shape index (κ2) is 9.76. The van der Waals surface area contributed by atoms with E-state index in [1.165, 1.54) is 0 Å². The lowest BCUT2D eigenvalue weighted by atomic mass is 10.1. The molecule has 0 bridgehead atoms. The largest absolute Gasteiger partial charge is 0.353 e. The Balaban J connectivity index is 0.00000400. The molecule has 0 unspecified atom stereocenters. The fraction of sp³-hybridized carbons (Fsp3) is 0.429. The van der Waals surface area contributed by atoms with Crippen LogP contribution in [-0.2, 0) is 4.79 Å². The van der Waals surface area contributed by atoms with E-state index >= 15 is 0 Å². The number of carbonyl (C=O) groups is 2. The molecule has 0 fully saturated rings. The Labute approximate surface area is 139 Å². The molecule has 1 rings (SSSR count). The van der Waals surface area contributed by atoms with Gasteiger partial charge in [-0.15, -0.1) is 12.4 Å². The number of rotatable bonds is 6. The van der Waals surface area contributed by atoms with Crippen LogP contribution in [0.25, 0.3) is 0 Å². The molecule has 0 saturated carbocycles. The highest BCUT2D eigenvalue weighted by atomic mass is 79.9. The van der Waals surface area contributed by atoms with Crippen molar-refractivity contribution >= 4 is 40.2 Å². The Bertz CT molecular complexity index is 483. The van der Waals surface area contributed by atoms with E-state index in [9.17, 15) is 9.59 Å². The summed E-state index contributed by atoms with van der Waals surface area (Å²) in [5.74, 6) is -0.281. The van der Waals surface area contributed by atoms with E-state index in [0.29, 0.717) is 18.7 Å². The molecular formula is C14H21BrClN3O2. The Morgan fingerprint density at radius 1 is 1.24 bits per heavy atom. The second-order valence-electron chi connectivity index (χ2n) is 4.83. The van der Waals surface area contributed by atoms with E-state index in [4.69, 9.17) is 5.73 Å². The maximum atomic E-state index is 11.8. The molecule has 4 N–H and O–H groups in total. The molecule has 0 aromatic heterocycles. The van der Waals surface area contributed by atoms with Gasteiger partial charge < -0.3 is 16.4 Å². The highest BCUT2D eigenvalue weighted by molar-refractivity contribution is 9.10. The summed E-state index contributed by atoms with van der Waals surface area (Å²) in [4.78, 5) is 23.4. The zero-order chi connectivity index (χ0) is 15.1. The van der Waals surface area contributed by atoms with E-state index in [1.807, 2.05) is 19.9 Å². The molecule has 0 aliphatic carbocycles. The molecule has 0 saturated heterocycles. The average molecular weight is 379 g/mol. The first kappa shape index (κ1) is 19.9. The summed E-state index contributed by atoms with van der Waals surface area (Å²) < 4.78 is 0.848. The minimum atomic E-state index is -0.518. The van der Waals surface area contributed by atoms with Gasteiger partial charge in [-0.05, 0) is 24.1 Å². The fourth-order valence-corrected chi connectivity index (χ4v) is 1.91. The summed E-state index contributed by atoms with van der Waals surface area (Å²) in [5.41, 5.74) is 6.28. The van der Waals surface area contributed by atoms with Crippen molar-refractivity contribution in [1.82, 2.24) is 10.6 Å². The lowest BCUT2D eigenvalue weighted by Crippen LogP contribution is -2.46. The van der Waals surface area contributed by atoms with E-state index in [1.54, 1.807) is 18.2 Å². The molecule has 0 aliphatic heterocycles. The number of benzene rings is 1. The van der Waals surface area contributed by atoms with Crippen molar-refractivity contribution in [2.24, 2.45) is 11.7 Å². The van der Waals surface area contributed by atoms with Gasteiger partial charge in [-0.25, -0.2) is 0 Å². The van der Waals surface area contributed by atoms with Gasteiger partial charge in [-0.2, -0.15) is 0 Å². The van der Waals surface area contributed by atoms with Crippen molar-refractivity contribution in [2.75, 3.05) is 13.1 Å². The van der Waals surface area contributed by atoms with Crippen molar-refractivity contribution in [1.29, 1.82) is 0 Å². The minimum absolute atomic E-state index is 0. The first-order valence-electron chi connectivity index (χ1n) is 6.49. The smallest absolute Gasteiger partial charge is 0.251 e. The summed E-state index contributed by atoms with van der Waals surface area (Å²) in [7, 11) is 0. The van der Waals surface area contributed by atoms with Crippen molar-refractivity contribution in [2.45, 2.75) is 19.9 Å². The fourth-order valence-electron chi connectivity index (χ4n) is 1.51. The lowest BCUT2D eigenvalue weighted by molar-refractivity contribution is -0.123. The van der Waals surface area contributed by atoms with Crippen LogP contribution in [0.1, 0.15) is 24.2 Å². The minimum Gasteiger partial charge on any atom is -0.353 e. The van der Waals surface area contributed by atoms with Crippen molar-refractivity contribution in [3.05, 3.63) is 34.3 Å². The zero-order valence-corrected chi connectivity index (χ0v) is 14.5. The van der Waals surface area contributed by atoms with Crippen LogP contribution in [0.15, 0.2) is 28.7 Å². The summed E-state index contributed by atoms with van der Waals surface area (Å²) in [6, 6.07) is 6.60. The molecule has 5 nitrogen and oxygen atoms in total. The number of hydrogen-bond donors (Lipinski definition) is 3. The zero-order valence-electron chi connectivity index (χ0n) is 12.1. The topological polar surface area (TPSA) is 84.2 Å². The lowest BCUT2D eigenvalue weighted by Gasteiger charge is -2.15. The Morgan fingerprint density at radius 3 is 2.43 bits per heavy atom. The van der Waals surface area contributed by atoms with Crippen LogP contribution in [0.5, 0.6) is 0 Å². The van der Waals surface area contributed by atoms with Gasteiger partial charge in [-0.1, -0.05) is 35.8 Å². The van der Waals surface area contributed by atoms with Gasteiger partial charge >= 0.3 is 0 Å². The molecular weight excluding hydrogens is 358 g/mol. The van der Waals surface area contributed by atoms with E-state index in [0.717, 1.165) is 4.47 Å². The van der Waals surface area contributed by atoms with Crippen molar-refractivity contribution in [3.63, 3.8) is 0 Å². The molecule has 1 aromatic carbocycles. The highest BCUT2D eigenvalue weighted by Crippen LogP contribution is 2.11. The maximum absolute atomic E-state index is 11.8. The van der Waals surface area contributed by atoms with Crippen LogP contribution < -0.4 is 16.4 Å². The van der Waals surface area contributed by atoms with Gasteiger partial charge in [0.25, 0.3) is 5.91 Å². The van der Waals surface area contributed by atoms with Crippen LogP contribution in [-0.4, -0.2) is 30.9 Å². The van der Waals surface area contributed by atoms with Crippen LogP contribution >= 0.6 is 28.3 Å². The summed E-state index contributed by atoms with van der Waals surface area (Å²) in [5, 5.41) is 5.43. The third-order valence-corrected chi connectivity index (χ3v) is 3.31. The molecule has 1 atom stereocenters.